The van der Waals surface area contributed by atoms with Gasteiger partial charge in [-0.2, -0.15) is 0 Å². The highest BCUT2D eigenvalue weighted by Crippen LogP contribution is 2.11. The van der Waals surface area contributed by atoms with E-state index >= 15 is 0 Å². The Labute approximate surface area is 163 Å². The largest absolute Gasteiger partial charge is 0.463 e. The molecule has 0 radical (unpaired) electrons. The van der Waals surface area contributed by atoms with Crippen LogP contribution in [0.5, 0.6) is 0 Å². The molecule has 0 amide bonds. The van der Waals surface area contributed by atoms with Crippen molar-refractivity contribution in [2.75, 3.05) is 19.8 Å². The summed E-state index contributed by atoms with van der Waals surface area (Å²) in [6, 6.07) is 0. The van der Waals surface area contributed by atoms with Gasteiger partial charge in [0, 0.05) is 13.0 Å². The number of rotatable bonds is 21. The van der Waals surface area contributed by atoms with Crippen LogP contribution >= 0.6 is 0 Å². The molecule has 0 aliphatic carbocycles. The highest BCUT2D eigenvalue weighted by Gasteiger charge is 2.02. The molecule has 0 aliphatic rings. The van der Waals surface area contributed by atoms with Crippen LogP contribution in [0.2, 0.25) is 0 Å². The van der Waals surface area contributed by atoms with E-state index in [-0.39, 0.29) is 5.97 Å². The van der Waals surface area contributed by atoms with E-state index in [9.17, 15) is 4.79 Å². The summed E-state index contributed by atoms with van der Waals surface area (Å²) < 4.78 is 10.7. The quantitative estimate of drug-likeness (QED) is 0.158. The molecule has 0 N–H and O–H groups in total. The Morgan fingerprint density at radius 2 is 1.00 bits per heavy atom. The van der Waals surface area contributed by atoms with Crippen molar-refractivity contribution < 1.29 is 14.3 Å². The van der Waals surface area contributed by atoms with Gasteiger partial charge < -0.3 is 9.47 Å². The fraction of sp³-hybridized carbons (Fsp3) is 0.957. The number of unbranched alkanes of at least 4 members (excludes halogenated alkanes) is 14. The summed E-state index contributed by atoms with van der Waals surface area (Å²) in [6.45, 7) is 6.22. The fourth-order valence-electron chi connectivity index (χ4n) is 3.13. The van der Waals surface area contributed by atoms with Crippen LogP contribution in [-0.2, 0) is 14.3 Å². The van der Waals surface area contributed by atoms with Crippen molar-refractivity contribution in [1.82, 2.24) is 0 Å². The zero-order valence-electron chi connectivity index (χ0n) is 17.9. The van der Waals surface area contributed by atoms with E-state index in [1.54, 1.807) is 0 Å². The first-order chi connectivity index (χ1) is 12.8. The van der Waals surface area contributed by atoms with E-state index in [4.69, 9.17) is 9.47 Å². The van der Waals surface area contributed by atoms with E-state index < -0.39 is 0 Å². The molecule has 0 spiro atoms. The minimum atomic E-state index is -0.0696. The van der Waals surface area contributed by atoms with Gasteiger partial charge in [0.2, 0.25) is 0 Å². The van der Waals surface area contributed by atoms with Crippen molar-refractivity contribution in [3.63, 3.8) is 0 Å². The van der Waals surface area contributed by atoms with Gasteiger partial charge in [0.15, 0.2) is 0 Å². The smallest absolute Gasteiger partial charge is 0.305 e. The van der Waals surface area contributed by atoms with Gasteiger partial charge in [-0.1, -0.05) is 104 Å². The maximum atomic E-state index is 11.5. The molecule has 0 aromatic heterocycles. The van der Waals surface area contributed by atoms with Crippen LogP contribution in [0.25, 0.3) is 0 Å². The number of carbonyl (C=O) groups excluding carboxylic acids is 1. The molecule has 0 rings (SSSR count). The van der Waals surface area contributed by atoms with E-state index in [0.717, 1.165) is 25.9 Å². The van der Waals surface area contributed by atoms with Crippen LogP contribution in [0.4, 0.5) is 0 Å². The third-order valence-corrected chi connectivity index (χ3v) is 4.87. The zero-order valence-corrected chi connectivity index (χ0v) is 17.9. The number of hydrogen-bond donors (Lipinski definition) is 0. The predicted octanol–water partition coefficient (Wildman–Crippen LogP) is 7.22. The lowest BCUT2D eigenvalue weighted by Crippen LogP contribution is -2.10. The van der Waals surface area contributed by atoms with Crippen LogP contribution in [-0.4, -0.2) is 25.8 Å². The average Bonchev–Trinajstić information content (AvgIpc) is 2.64. The molecule has 0 bridgehead atoms. The zero-order chi connectivity index (χ0) is 19.1. The molecule has 0 saturated heterocycles. The highest BCUT2D eigenvalue weighted by molar-refractivity contribution is 5.69. The first-order valence-corrected chi connectivity index (χ1v) is 11.5. The van der Waals surface area contributed by atoms with E-state index in [0.29, 0.717) is 19.6 Å². The summed E-state index contributed by atoms with van der Waals surface area (Å²) in [4.78, 5) is 11.5. The van der Waals surface area contributed by atoms with Crippen LogP contribution < -0.4 is 0 Å². The first kappa shape index (κ1) is 25.4. The van der Waals surface area contributed by atoms with Gasteiger partial charge in [0.1, 0.15) is 6.61 Å². The molecule has 0 atom stereocenters. The fourth-order valence-corrected chi connectivity index (χ4v) is 3.13. The van der Waals surface area contributed by atoms with E-state index in [1.165, 1.54) is 83.5 Å². The van der Waals surface area contributed by atoms with E-state index in [2.05, 4.69) is 13.8 Å². The van der Waals surface area contributed by atoms with Gasteiger partial charge in [0.05, 0.1) is 6.61 Å². The van der Waals surface area contributed by atoms with Gasteiger partial charge in [-0.25, -0.2) is 0 Å². The summed E-state index contributed by atoms with van der Waals surface area (Å²) in [5.74, 6) is -0.0696. The minimum absolute atomic E-state index is 0.0696. The molecule has 0 aliphatic heterocycles. The van der Waals surface area contributed by atoms with Crippen LogP contribution in [0.3, 0.4) is 0 Å². The van der Waals surface area contributed by atoms with Gasteiger partial charge in [-0.05, 0) is 12.8 Å². The Morgan fingerprint density at radius 1 is 0.538 bits per heavy atom. The number of carbonyl (C=O) groups is 1. The molecule has 0 saturated carbocycles. The Bertz CT molecular complexity index is 279. The second kappa shape index (κ2) is 22.5. The molecule has 0 unspecified atom stereocenters. The van der Waals surface area contributed by atoms with Crippen molar-refractivity contribution in [2.45, 2.75) is 123 Å². The number of esters is 1. The number of hydrogen-bond acceptors (Lipinski definition) is 3. The lowest BCUT2D eigenvalue weighted by molar-refractivity contribution is -0.145. The first-order valence-electron chi connectivity index (χ1n) is 11.5. The molecule has 0 heterocycles. The third kappa shape index (κ3) is 21.5. The van der Waals surface area contributed by atoms with Gasteiger partial charge in [-0.15, -0.1) is 0 Å². The molecule has 0 aromatic rings. The normalized spacial score (nSPS) is 11.0. The Kier molecular flexibility index (Phi) is 22.0. The molecule has 0 aromatic carbocycles. The molecular formula is C23H46O3. The molecule has 26 heavy (non-hydrogen) atoms. The van der Waals surface area contributed by atoms with Crippen molar-refractivity contribution in [1.29, 1.82) is 0 Å². The Hall–Kier alpha value is -0.570. The minimum Gasteiger partial charge on any atom is -0.463 e. The highest BCUT2D eigenvalue weighted by atomic mass is 16.6. The Morgan fingerprint density at radius 3 is 1.54 bits per heavy atom. The predicted molar refractivity (Wildman–Crippen MR) is 112 cm³/mol. The van der Waals surface area contributed by atoms with Crippen molar-refractivity contribution in [3.8, 4) is 0 Å². The molecule has 0 fully saturated rings. The molecule has 3 heteroatoms. The van der Waals surface area contributed by atoms with Gasteiger partial charge >= 0.3 is 5.97 Å². The third-order valence-electron chi connectivity index (χ3n) is 4.87. The van der Waals surface area contributed by atoms with Gasteiger partial charge in [-0.3, -0.25) is 4.79 Å². The second-order valence-corrected chi connectivity index (χ2v) is 7.53. The second-order valence-electron chi connectivity index (χ2n) is 7.53. The van der Waals surface area contributed by atoms with Crippen molar-refractivity contribution in [3.05, 3.63) is 0 Å². The maximum Gasteiger partial charge on any atom is 0.305 e. The SMILES string of the molecule is CCCCCCCCCCCCCOCCOC(=O)CCCCCCC. The van der Waals surface area contributed by atoms with Crippen molar-refractivity contribution >= 4 is 5.97 Å². The monoisotopic (exact) mass is 370 g/mol. The summed E-state index contributed by atoms with van der Waals surface area (Å²) in [7, 11) is 0. The summed E-state index contributed by atoms with van der Waals surface area (Å²) in [6.07, 6.45) is 21.2. The van der Waals surface area contributed by atoms with Crippen LogP contribution in [0, 0.1) is 0 Å². The molecule has 156 valence electrons. The lowest BCUT2D eigenvalue weighted by atomic mass is 10.1. The van der Waals surface area contributed by atoms with Crippen LogP contribution in [0.15, 0.2) is 0 Å². The number of ether oxygens (including phenoxy) is 2. The van der Waals surface area contributed by atoms with Gasteiger partial charge in [0.25, 0.3) is 0 Å². The summed E-state index contributed by atoms with van der Waals surface area (Å²) >= 11 is 0. The Balaban J connectivity index is 3.09. The van der Waals surface area contributed by atoms with Crippen molar-refractivity contribution in [2.24, 2.45) is 0 Å². The topological polar surface area (TPSA) is 35.5 Å². The maximum absolute atomic E-state index is 11.5. The lowest BCUT2D eigenvalue weighted by Gasteiger charge is -2.06. The molecular weight excluding hydrogens is 324 g/mol. The van der Waals surface area contributed by atoms with Crippen LogP contribution in [0.1, 0.15) is 123 Å². The average molecular weight is 371 g/mol. The molecule has 3 nitrogen and oxygen atoms in total. The van der Waals surface area contributed by atoms with E-state index in [1.807, 2.05) is 0 Å². The summed E-state index contributed by atoms with van der Waals surface area (Å²) in [5.41, 5.74) is 0. The standard InChI is InChI=1S/C23H46O3/c1-3-5-7-9-10-11-12-13-14-16-18-20-25-21-22-26-23(24)19-17-15-8-6-4-2/h3-22H2,1-2H3. The summed E-state index contributed by atoms with van der Waals surface area (Å²) in [5, 5.41) is 0.